The van der Waals surface area contributed by atoms with Crippen LogP contribution in [0, 0.1) is 0 Å². The van der Waals surface area contributed by atoms with Crippen molar-refractivity contribution in [2.75, 3.05) is 0 Å². The lowest BCUT2D eigenvalue weighted by molar-refractivity contribution is 0.116. The molecule has 0 N–H and O–H groups in total. The summed E-state index contributed by atoms with van der Waals surface area (Å²) < 4.78 is 36.3. The third kappa shape index (κ3) is 3.89. The van der Waals surface area contributed by atoms with E-state index in [2.05, 4.69) is 31.1 Å². The van der Waals surface area contributed by atoms with E-state index in [1.807, 2.05) is 24.3 Å². The molecule has 0 aliphatic carbocycles. The monoisotopic (exact) mass is 381 g/mol. The van der Waals surface area contributed by atoms with Crippen molar-refractivity contribution in [3.8, 4) is 17.2 Å². The maximum Gasteiger partial charge on any atom is 0.314 e. The fraction of sp³-hybridized carbons (Fsp3) is 0.133. The molecule has 3 rings (SSSR count). The van der Waals surface area contributed by atoms with Crippen LogP contribution in [0.15, 0.2) is 51.5 Å². The summed E-state index contributed by atoms with van der Waals surface area (Å²) in [5.74, 6) is 0.0216. The zero-order valence-corrected chi connectivity index (χ0v) is 13.2. The molecular formula is C15H10BrF2N3O2. The van der Waals surface area contributed by atoms with Gasteiger partial charge in [0.15, 0.2) is 0 Å². The second-order valence-electron chi connectivity index (χ2n) is 4.53. The van der Waals surface area contributed by atoms with Crippen LogP contribution in [-0.2, 0) is 6.61 Å². The van der Waals surface area contributed by atoms with Crippen molar-refractivity contribution < 1.29 is 17.9 Å². The van der Waals surface area contributed by atoms with Crippen LogP contribution < -0.4 is 4.74 Å². The maximum absolute atomic E-state index is 12.4. The third-order valence-electron chi connectivity index (χ3n) is 2.90. The molecule has 0 unspecified atom stereocenters. The summed E-state index contributed by atoms with van der Waals surface area (Å²) in [6.45, 7) is 0.286. The van der Waals surface area contributed by atoms with Gasteiger partial charge in [-0.3, -0.25) is 4.98 Å². The highest BCUT2D eigenvalue weighted by atomic mass is 79.9. The van der Waals surface area contributed by atoms with Crippen LogP contribution in [-0.4, -0.2) is 15.2 Å². The molecule has 0 aliphatic heterocycles. The number of hydrogen-bond acceptors (Lipinski definition) is 5. The Hall–Kier alpha value is -2.35. The van der Waals surface area contributed by atoms with E-state index in [1.54, 1.807) is 12.1 Å². The Labute approximate surface area is 138 Å². The molecule has 2 heterocycles. The second-order valence-corrected chi connectivity index (χ2v) is 5.44. The molecule has 118 valence electrons. The number of aromatic nitrogens is 3. The Morgan fingerprint density at radius 3 is 2.48 bits per heavy atom. The highest BCUT2D eigenvalue weighted by molar-refractivity contribution is 9.10. The first-order valence-corrected chi connectivity index (χ1v) is 7.36. The summed E-state index contributed by atoms with van der Waals surface area (Å²) in [4.78, 5) is 4.19. The summed E-state index contributed by atoms with van der Waals surface area (Å²) in [6, 6.07) is 10.8. The topological polar surface area (TPSA) is 61.0 Å². The lowest BCUT2D eigenvalue weighted by Gasteiger charge is -2.06. The molecular weight excluding hydrogens is 372 g/mol. The van der Waals surface area contributed by atoms with E-state index in [0.29, 0.717) is 11.3 Å². The first-order chi connectivity index (χ1) is 11.1. The minimum absolute atomic E-state index is 0.00757. The Bertz CT molecular complexity index is 776. The average Bonchev–Trinajstić information content (AvgIpc) is 3.05. The van der Waals surface area contributed by atoms with Gasteiger partial charge in [0.05, 0.1) is 11.3 Å². The molecule has 0 saturated carbocycles. The van der Waals surface area contributed by atoms with Crippen molar-refractivity contribution in [2.45, 2.75) is 13.0 Å². The molecule has 0 bridgehead atoms. The van der Waals surface area contributed by atoms with Crippen LogP contribution in [0.2, 0.25) is 0 Å². The molecule has 0 radical (unpaired) electrons. The highest BCUT2D eigenvalue weighted by Crippen LogP contribution is 2.23. The molecule has 0 fully saturated rings. The number of alkyl halides is 2. The Morgan fingerprint density at radius 1 is 1.09 bits per heavy atom. The molecule has 0 aliphatic rings. The Morgan fingerprint density at radius 2 is 1.87 bits per heavy atom. The van der Waals surface area contributed by atoms with Crippen molar-refractivity contribution in [2.24, 2.45) is 0 Å². The minimum atomic E-state index is -2.79. The lowest BCUT2D eigenvalue weighted by Crippen LogP contribution is -1.98. The van der Waals surface area contributed by atoms with Crippen LogP contribution in [0.4, 0.5) is 8.78 Å². The Balaban J connectivity index is 1.65. The van der Waals surface area contributed by atoms with Gasteiger partial charge in [0.25, 0.3) is 5.89 Å². The largest absolute Gasteiger partial charge is 0.487 e. The van der Waals surface area contributed by atoms with Crippen molar-refractivity contribution in [3.05, 3.63) is 58.7 Å². The SMILES string of the molecule is FC(F)c1nnc(-c2ccc(COc3ccc(Br)cc3)nc2)o1. The van der Waals surface area contributed by atoms with Gasteiger partial charge < -0.3 is 9.15 Å². The van der Waals surface area contributed by atoms with Gasteiger partial charge in [-0.1, -0.05) is 15.9 Å². The minimum Gasteiger partial charge on any atom is -0.487 e. The van der Waals surface area contributed by atoms with Crippen LogP contribution in [0.25, 0.3) is 11.5 Å². The number of pyridine rings is 1. The van der Waals surface area contributed by atoms with E-state index in [-0.39, 0.29) is 12.5 Å². The normalized spacial score (nSPS) is 11.0. The molecule has 0 atom stereocenters. The number of benzene rings is 1. The van der Waals surface area contributed by atoms with Gasteiger partial charge in [-0.15, -0.1) is 10.2 Å². The van der Waals surface area contributed by atoms with E-state index < -0.39 is 12.3 Å². The first kappa shape index (κ1) is 15.5. The predicted molar refractivity (Wildman–Crippen MR) is 81.0 cm³/mol. The number of rotatable bonds is 5. The van der Waals surface area contributed by atoms with E-state index in [4.69, 9.17) is 9.15 Å². The molecule has 0 spiro atoms. The second kappa shape index (κ2) is 6.82. The van der Waals surface area contributed by atoms with Gasteiger partial charge in [0.2, 0.25) is 5.89 Å². The van der Waals surface area contributed by atoms with E-state index in [0.717, 1.165) is 10.2 Å². The van der Waals surface area contributed by atoms with Gasteiger partial charge in [0, 0.05) is 10.7 Å². The molecule has 0 saturated heterocycles. The first-order valence-electron chi connectivity index (χ1n) is 6.57. The van der Waals surface area contributed by atoms with Crippen LogP contribution in [0.1, 0.15) is 18.0 Å². The van der Waals surface area contributed by atoms with Crippen LogP contribution >= 0.6 is 15.9 Å². The molecule has 3 aromatic rings. The van der Waals surface area contributed by atoms with E-state index in [9.17, 15) is 8.78 Å². The molecule has 8 heteroatoms. The lowest BCUT2D eigenvalue weighted by atomic mass is 10.2. The summed E-state index contributed by atoms with van der Waals surface area (Å²) in [6.07, 6.45) is -1.31. The zero-order chi connectivity index (χ0) is 16.2. The predicted octanol–water partition coefficient (Wildman–Crippen LogP) is 4.41. The molecule has 0 amide bonds. The summed E-state index contributed by atoms with van der Waals surface area (Å²) >= 11 is 3.35. The summed E-state index contributed by atoms with van der Waals surface area (Å²) in [7, 11) is 0. The summed E-state index contributed by atoms with van der Waals surface area (Å²) in [5, 5.41) is 6.84. The van der Waals surface area contributed by atoms with Gasteiger partial charge >= 0.3 is 6.43 Å². The third-order valence-corrected chi connectivity index (χ3v) is 3.43. The maximum atomic E-state index is 12.4. The Kier molecular flexibility index (Phi) is 4.61. The number of hydrogen-bond donors (Lipinski definition) is 0. The van der Waals surface area contributed by atoms with Crippen molar-refractivity contribution in [1.82, 2.24) is 15.2 Å². The quantitative estimate of drug-likeness (QED) is 0.654. The molecule has 1 aromatic carbocycles. The van der Waals surface area contributed by atoms with Crippen molar-refractivity contribution in [1.29, 1.82) is 0 Å². The smallest absolute Gasteiger partial charge is 0.314 e. The molecule has 23 heavy (non-hydrogen) atoms. The van der Waals surface area contributed by atoms with Crippen LogP contribution in [0.5, 0.6) is 5.75 Å². The van der Waals surface area contributed by atoms with E-state index in [1.165, 1.54) is 6.20 Å². The zero-order valence-electron chi connectivity index (χ0n) is 11.6. The van der Waals surface area contributed by atoms with Gasteiger partial charge in [-0.05, 0) is 36.4 Å². The standard InChI is InChI=1S/C15H10BrF2N3O2/c16-10-2-5-12(6-3-10)22-8-11-4-1-9(7-19-11)14-20-21-15(23-14)13(17)18/h1-7,13H,8H2. The highest BCUT2D eigenvalue weighted by Gasteiger charge is 2.17. The van der Waals surface area contributed by atoms with Gasteiger partial charge in [-0.25, -0.2) is 0 Å². The van der Waals surface area contributed by atoms with Gasteiger partial charge in [-0.2, -0.15) is 8.78 Å². The number of nitrogens with zero attached hydrogens (tertiary/aromatic N) is 3. The average molecular weight is 382 g/mol. The summed E-state index contributed by atoms with van der Waals surface area (Å²) in [5.41, 5.74) is 1.15. The molecule has 2 aromatic heterocycles. The van der Waals surface area contributed by atoms with E-state index >= 15 is 0 Å². The van der Waals surface area contributed by atoms with Gasteiger partial charge in [0.1, 0.15) is 12.4 Å². The number of halogens is 3. The number of ether oxygens (including phenoxy) is 1. The van der Waals surface area contributed by atoms with Crippen molar-refractivity contribution in [3.63, 3.8) is 0 Å². The van der Waals surface area contributed by atoms with Crippen LogP contribution in [0.3, 0.4) is 0 Å². The van der Waals surface area contributed by atoms with Crippen molar-refractivity contribution >= 4 is 15.9 Å². The fourth-order valence-corrected chi connectivity index (χ4v) is 2.03. The fourth-order valence-electron chi connectivity index (χ4n) is 1.76. The molecule has 5 nitrogen and oxygen atoms in total.